The Bertz CT molecular complexity index is 92.5. The van der Waals surface area contributed by atoms with E-state index in [0.29, 0.717) is 0 Å². The Morgan fingerprint density at radius 3 is 1.87 bits per heavy atom. The standard InChI is InChI=1S/C11H26N2.C2H6/c1-4-12-8-6-5-7-9-13-10-11(2)3;1-2/h11-13H,4-10H2,1-3H3;1-2H3. The highest BCUT2D eigenvalue weighted by Gasteiger charge is 1.92. The first-order valence-corrected chi connectivity index (χ1v) is 6.68. The molecular weight excluding hydrogens is 184 g/mol. The van der Waals surface area contributed by atoms with Crippen LogP contribution in [0.25, 0.3) is 0 Å². The van der Waals surface area contributed by atoms with Crippen LogP contribution in [0.15, 0.2) is 0 Å². The van der Waals surface area contributed by atoms with Gasteiger partial charge in [0.15, 0.2) is 0 Å². The lowest BCUT2D eigenvalue weighted by atomic mass is 10.2. The lowest BCUT2D eigenvalue weighted by molar-refractivity contribution is 0.525. The van der Waals surface area contributed by atoms with E-state index in [1.165, 1.54) is 32.4 Å². The van der Waals surface area contributed by atoms with E-state index in [4.69, 9.17) is 0 Å². The Balaban J connectivity index is 0. The molecule has 2 nitrogen and oxygen atoms in total. The molecule has 0 aliphatic rings. The summed E-state index contributed by atoms with van der Waals surface area (Å²) in [6, 6.07) is 0. The van der Waals surface area contributed by atoms with Gasteiger partial charge in [-0.3, -0.25) is 0 Å². The van der Waals surface area contributed by atoms with Gasteiger partial charge in [0.1, 0.15) is 0 Å². The predicted molar refractivity (Wildman–Crippen MR) is 71.5 cm³/mol. The van der Waals surface area contributed by atoms with Crippen molar-refractivity contribution in [2.45, 2.75) is 53.9 Å². The molecule has 0 spiro atoms. The maximum Gasteiger partial charge on any atom is -0.00258 e. The zero-order valence-corrected chi connectivity index (χ0v) is 11.5. The van der Waals surface area contributed by atoms with Crippen LogP contribution in [-0.4, -0.2) is 26.2 Å². The van der Waals surface area contributed by atoms with Crippen molar-refractivity contribution in [1.82, 2.24) is 10.6 Å². The quantitative estimate of drug-likeness (QED) is 0.579. The van der Waals surface area contributed by atoms with Crippen molar-refractivity contribution in [3.05, 3.63) is 0 Å². The SMILES string of the molecule is CC.CCNCCCCCNCC(C)C. The molecule has 0 aromatic heterocycles. The summed E-state index contributed by atoms with van der Waals surface area (Å²) in [5.41, 5.74) is 0. The molecule has 2 heteroatoms. The zero-order valence-electron chi connectivity index (χ0n) is 11.5. The van der Waals surface area contributed by atoms with Crippen LogP contribution in [-0.2, 0) is 0 Å². The minimum atomic E-state index is 0.779. The largest absolute Gasteiger partial charge is 0.317 e. The van der Waals surface area contributed by atoms with Crippen molar-refractivity contribution < 1.29 is 0 Å². The van der Waals surface area contributed by atoms with Crippen molar-refractivity contribution in [2.24, 2.45) is 5.92 Å². The molecule has 0 aromatic carbocycles. The number of hydrogen-bond acceptors (Lipinski definition) is 2. The van der Waals surface area contributed by atoms with E-state index in [0.717, 1.165) is 19.0 Å². The van der Waals surface area contributed by atoms with Crippen molar-refractivity contribution in [2.75, 3.05) is 26.2 Å². The van der Waals surface area contributed by atoms with Crippen LogP contribution in [0.2, 0.25) is 0 Å². The van der Waals surface area contributed by atoms with Crippen molar-refractivity contribution in [1.29, 1.82) is 0 Å². The summed E-state index contributed by atoms with van der Waals surface area (Å²) in [5.74, 6) is 0.779. The molecule has 0 rings (SSSR count). The molecule has 0 unspecified atom stereocenters. The van der Waals surface area contributed by atoms with E-state index in [1.54, 1.807) is 0 Å². The van der Waals surface area contributed by atoms with Gasteiger partial charge in [-0.1, -0.05) is 41.0 Å². The van der Waals surface area contributed by atoms with Crippen LogP contribution in [0.5, 0.6) is 0 Å². The van der Waals surface area contributed by atoms with Crippen LogP contribution in [0.3, 0.4) is 0 Å². The number of unbranched alkanes of at least 4 members (excludes halogenated alkanes) is 2. The van der Waals surface area contributed by atoms with Gasteiger partial charge in [-0.2, -0.15) is 0 Å². The summed E-state index contributed by atoms with van der Waals surface area (Å²) >= 11 is 0. The topological polar surface area (TPSA) is 24.1 Å². The highest BCUT2D eigenvalue weighted by Crippen LogP contribution is 1.93. The summed E-state index contributed by atoms with van der Waals surface area (Å²) in [4.78, 5) is 0. The maximum atomic E-state index is 3.46. The van der Waals surface area contributed by atoms with E-state index in [1.807, 2.05) is 13.8 Å². The number of hydrogen-bond donors (Lipinski definition) is 2. The fourth-order valence-electron chi connectivity index (χ4n) is 1.24. The van der Waals surface area contributed by atoms with Crippen molar-refractivity contribution >= 4 is 0 Å². The summed E-state index contributed by atoms with van der Waals surface area (Å²) in [5, 5.41) is 6.79. The summed E-state index contributed by atoms with van der Waals surface area (Å²) in [6.45, 7) is 15.3. The summed E-state index contributed by atoms with van der Waals surface area (Å²) < 4.78 is 0. The van der Waals surface area contributed by atoms with Gasteiger partial charge in [0, 0.05) is 0 Å². The smallest absolute Gasteiger partial charge is 0.00258 e. The third-order valence-corrected chi connectivity index (χ3v) is 2.01. The molecule has 0 heterocycles. The molecule has 2 N–H and O–H groups in total. The van der Waals surface area contributed by atoms with Gasteiger partial charge in [0.2, 0.25) is 0 Å². The first-order chi connectivity index (χ1) is 7.27. The predicted octanol–water partition coefficient (Wildman–Crippen LogP) is 3.04. The minimum absolute atomic E-state index is 0.779. The summed E-state index contributed by atoms with van der Waals surface area (Å²) in [6.07, 6.45) is 3.98. The molecule has 0 saturated heterocycles. The summed E-state index contributed by atoms with van der Waals surface area (Å²) in [7, 11) is 0. The van der Waals surface area contributed by atoms with Crippen molar-refractivity contribution in [3.8, 4) is 0 Å². The second-order valence-corrected chi connectivity index (χ2v) is 4.01. The van der Waals surface area contributed by atoms with Crippen LogP contribution >= 0.6 is 0 Å². The van der Waals surface area contributed by atoms with Crippen LogP contribution in [0.4, 0.5) is 0 Å². The molecule has 0 bridgehead atoms. The van der Waals surface area contributed by atoms with Crippen LogP contribution in [0, 0.1) is 5.92 Å². The van der Waals surface area contributed by atoms with Crippen LogP contribution in [0.1, 0.15) is 53.9 Å². The van der Waals surface area contributed by atoms with Crippen LogP contribution < -0.4 is 10.6 Å². The third-order valence-electron chi connectivity index (χ3n) is 2.01. The highest BCUT2D eigenvalue weighted by atomic mass is 14.9. The Labute approximate surface area is 97.2 Å². The van der Waals surface area contributed by atoms with Gasteiger partial charge in [-0.15, -0.1) is 0 Å². The first kappa shape index (κ1) is 17.3. The second kappa shape index (κ2) is 16.4. The average Bonchev–Trinajstić information content (AvgIpc) is 2.24. The Morgan fingerprint density at radius 2 is 1.40 bits per heavy atom. The van der Waals surface area contributed by atoms with E-state index in [9.17, 15) is 0 Å². The van der Waals surface area contributed by atoms with Gasteiger partial charge >= 0.3 is 0 Å². The van der Waals surface area contributed by atoms with Gasteiger partial charge in [0.25, 0.3) is 0 Å². The number of nitrogens with one attached hydrogen (secondary N) is 2. The molecule has 0 radical (unpaired) electrons. The lowest BCUT2D eigenvalue weighted by Gasteiger charge is -2.06. The minimum Gasteiger partial charge on any atom is -0.317 e. The van der Waals surface area contributed by atoms with Gasteiger partial charge < -0.3 is 10.6 Å². The Morgan fingerprint density at radius 1 is 0.867 bits per heavy atom. The molecule has 0 fully saturated rings. The maximum absolute atomic E-state index is 3.46. The second-order valence-electron chi connectivity index (χ2n) is 4.01. The fraction of sp³-hybridized carbons (Fsp3) is 1.00. The Kier molecular flexibility index (Phi) is 18.9. The molecule has 0 aliphatic heterocycles. The van der Waals surface area contributed by atoms with E-state index in [2.05, 4.69) is 31.4 Å². The fourth-order valence-corrected chi connectivity index (χ4v) is 1.24. The molecule has 15 heavy (non-hydrogen) atoms. The first-order valence-electron chi connectivity index (χ1n) is 6.68. The average molecular weight is 216 g/mol. The van der Waals surface area contributed by atoms with E-state index < -0.39 is 0 Å². The Hall–Kier alpha value is -0.0800. The van der Waals surface area contributed by atoms with Gasteiger partial charge in [-0.25, -0.2) is 0 Å². The van der Waals surface area contributed by atoms with E-state index >= 15 is 0 Å². The zero-order chi connectivity index (χ0) is 11.9. The molecule has 0 amide bonds. The molecular formula is C13H32N2. The highest BCUT2D eigenvalue weighted by molar-refractivity contribution is 4.52. The monoisotopic (exact) mass is 216 g/mol. The number of rotatable bonds is 9. The molecule has 0 atom stereocenters. The van der Waals surface area contributed by atoms with Gasteiger partial charge in [-0.05, 0) is 44.9 Å². The normalized spacial score (nSPS) is 10.0. The molecule has 0 saturated carbocycles. The lowest BCUT2D eigenvalue weighted by Crippen LogP contribution is -2.21. The molecule has 0 aromatic rings. The molecule has 94 valence electrons. The third kappa shape index (κ3) is 20.1. The van der Waals surface area contributed by atoms with Crippen molar-refractivity contribution in [3.63, 3.8) is 0 Å². The van der Waals surface area contributed by atoms with E-state index in [-0.39, 0.29) is 0 Å². The molecule has 0 aliphatic carbocycles. The van der Waals surface area contributed by atoms with Gasteiger partial charge in [0.05, 0.1) is 0 Å².